The number of nitrogens with zero attached hydrogens (tertiary/aromatic N) is 1. The Morgan fingerprint density at radius 1 is 1.33 bits per heavy atom. The third-order valence-corrected chi connectivity index (χ3v) is 4.02. The second-order valence-electron chi connectivity index (χ2n) is 6.10. The van der Waals surface area contributed by atoms with Crippen LogP contribution in [-0.4, -0.2) is 55.8 Å². The van der Waals surface area contributed by atoms with Gasteiger partial charge in [0.2, 0.25) is 0 Å². The summed E-state index contributed by atoms with van der Waals surface area (Å²) in [6.45, 7) is 5.90. The van der Waals surface area contributed by atoms with Gasteiger partial charge < -0.3 is 14.4 Å². The first kappa shape index (κ1) is 15.7. The van der Waals surface area contributed by atoms with Crippen LogP contribution in [0.2, 0.25) is 0 Å². The number of carbonyl (C=O) groups is 3. The van der Waals surface area contributed by atoms with Gasteiger partial charge in [-0.2, -0.15) is 0 Å². The second-order valence-corrected chi connectivity index (χ2v) is 6.10. The predicted molar refractivity (Wildman–Crippen MR) is 74.4 cm³/mol. The van der Waals surface area contributed by atoms with Crippen LogP contribution in [0.3, 0.4) is 0 Å². The summed E-state index contributed by atoms with van der Waals surface area (Å²) in [6, 6.07) is 0. The van der Waals surface area contributed by atoms with Crippen molar-refractivity contribution in [3.63, 3.8) is 0 Å². The van der Waals surface area contributed by atoms with Crippen LogP contribution >= 0.6 is 0 Å². The van der Waals surface area contributed by atoms with Crippen molar-refractivity contribution in [3.8, 4) is 0 Å². The zero-order chi connectivity index (χ0) is 15.6. The molecule has 1 saturated heterocycles. The van der Waals surface area contributed by atoms with E-state index in [0.29, 0.717) is 26.3 Å². The molecule has 2 rings (SSSR count). The van der Waals surface area contributed by atoms with Gasteiger partial charge in [-0.1, -0.05) is 13.8 Å². The van der Waals surface area contributed by atoms with Gasteiger partial charge in [0.25, 0.3) is 0 Å². The molecule has 1 atom stereocenters. The highest BCUT2D eigenvalue weighted by Crippen LogP contribution is 2.39. The fraction of sp³-hybridized carbons (Fsp3) is 0.667. The van der Waals surface area contributed by atoms with E-state index in [1.54, 1.807) is 20.0 Å². The summed E-state index contributed by atoms with van der Waals surface area (Å²) in [4.78, 5) is 38.6. The summed E-state index contributed by atoms with van der Waals surface area (Å²) in [5.41, 5.74) is -0.615. The third-order valence-electron chi connectivity index (χ3n) is 4.02. The molecule has 0 aromatic rings. The Bertz CT molecular complexity index is 488. The van der Waals surface area contributed by atoms with Crippen molar-refractivity contribution in [2.75, 3.05) is 33.4 Å². The summed E-state index contributed by atoms with van der Waals surface area (Å²) >= 11 is 0. The number of Topliss-reactive ketones (excluding diaryl/α,β-unsaturated/α-hetero) is 2. The Labute approximate surface area is 124 Å². The van der Waals surface area contributed by atoms with E-state index in [2.05, 4.69) is 0 Å². The molecule has 0 amide bonds. The largest absolute Gasteiger partial charge is 0.468 e. The number of hydrogen-bond donors (Lipinski definition) is 0. The fourth-order valence-corrected chi connectivity index (χ4v) is 2.83. The molecule has 0 aromatic heterocycles. The maximum absolute atomic E-state index is 12.6. The topological polar surface area (TPSA) is 72.9 Å². The summed E-state index contributed by atoms with van der Waals surface area (Å²) in [5, 5.41) is 0. The van der Waals surface area contributed by atoms with E-state index in [0.717, 1.165) is 0 Å². The van der Waals surface area contributed by atoms with E-state index < -0.39 is 23.1 Å². The first-order chi connectivity index (χ1) is 9.86. The van der Waals surface area contributed by atoms with Gasteiger partial charge in [0.05, 0.1) is 25.9 Å². The monoisotopic (exact) mass is 295 g/mol. The molecule has 2 aliphatic rings. The zero-order valence-corrected chi connectivity index (χ0v) is 12.7. The standard InChI is InChI=1S/C15H21NO5/c1-15(2)8-11(17)10(9-16-4-6-21-7-5-16)13(18)12(15)14(19)20-3/h9,12H,4-8H2,1-3H3. The highest BCUT2D eigenvalue weighted by Gasteiger charge is 2.49. The number of methoxy groups -OCH3 is 1. The van der Waals surface area contributed by atoms with Gasteiger partial charge in [0.15, 0.2) is 11.6 Å². The van der Waals surface area contributed by atoms with E-state index in [1.807, 2.05) is 4.90 Å². The zero-order valence-electron chi connectivity index (χ0n) is 12.7. The molecule has 1 aliphatic carbocycles. The molecule has 0 N–H and O–H groups in total. The summed E-state index contributed by atoms with van der Waals surface area (Å²) < 4.78 is 9.97. The van der Waals surface area contributed by atoms with Crippen molar-refractivity contribution in [1.82, 2.24) is 4.90 Å². The fourth-order valence-electron chi connectivity index (χ4n) is 2.83. The number of esters is 1. The molecule has 6 nitrogen and oxygen atoms in total. The normalized spacial score (nSPS) is 27.9. The molecule has 116 valence electrons. The van der Waals surface area contributed by atoms with Gasteiger partial charge in [-0.3, -0.25) is 14.4 Å². The number of carbonyl (C=O) groups excluding carboxylic acids is 3. The smallest absolute Gasteiger partial charge is 0.317 e. The number of ether oxygens (including phenoxy) is 2. The SMILES string of the molecule is COC(=O)C1C(=O)C(=CN2CCOCC2)C(=O)CC1(C)C. The van der Waals surface area contributed by atoms with Crippen molar-refractivity contribution < 1.29 is 23.9 Å². The number of ketones is 2. The van der Waals surface area contributed by atoms with E-state index in [4.69, 9.17) is 9.47 Å². The van der Waals surface area contributed by atoms with Crippen molar-refractivity contribution in [1.29, 1.82) is 0 Å². The van der Waals surface area contributed by atoms with Crippen LogP contribution in [-0.2, 0) is 23.9 Å². The minimum atomic E-state index is -0.924. The van der Waals surface area contributed by atoms with Gasteiger partial charge in [-0.05, 0) is 5.41 Å². The molecular weight excluding hydrogens is 274 g/mol. The minimum absolute atomic E-state index is 0.103. The third kappa shape index (κ3) is 3.15. The van der Waals surface area contributed by atoms with E-state index in [9.17, 15) is 14.4 Å². The van der Waals surface area contributed by atoms with Crippen molar-refractivity contribution in [3.05, 3.63) is 11.8 Å². The summed E-state index contributed by atoms with van der Waals surface area (Å²) in [6.07, 6.45) is 1.74. The minimum Gasteiger partial charge on any atom is -0.468 e. The molecule has 21 heavy (non-hydrogen) atoms. The molecule has 0 bridgehead atoms. The van der Waals surface area contributed by atoms with Crippen molar-refractivity contribution >= 4 is 17.5 Å². The summed E-state index contributed by atoms with van der Waals surface area (Å²) in [5.74, 6) is -2.15. The Balaban J connectivity index is 2.29. The molecule has 0 aromatic carbocycles. The Kier molecular flexibility index (Phi) is 4.46. The predicted octanol–water partition coefficient (Wildman–Crippen LogP) is 0.560. The number of hydrogen-bond acceptors (Lipinski definition) is 6. The van der Waals surface area contributed by atoms with Crippen molar-refractivity contribution in [2.24, 2.45) is 11.3 Å². The van der Waals surface area contributed by atoms with Crippen LogP contribution < -0.4 is 0 Å². The lowest BCUT2D eigenvalue weighted by atomic mass is 9.66. The van der Waals surface area contributed by atoms with Crippen LogP contribution in [0.1, 0.15) is 20.3 Å². The van der Waals surface area contributed by atoms with E-state index in [-0.39, 0.29) is 17.8 Å². The van der Waals surface area contributed by atoms with Gasteiger partial charge in [0, 0.05) is 25.7 Å². The molecule has 6 heteroatoms. The number of rotatable bonds is 2. The Hall–Kier alpha value is -1.69. The van der Waals surface area contributed by atoms with E-state index in [1.165, 1.54) is 7.11 Å². The highest BCUT2D eigenvalue weighted by molar-refractivity contribution is 6.27. The summed E-state index contributed by atoms with van der Waals surface area (Å²) in [7, 11) is 1.26. The quantitative estimate of drug-likeness (QED) is 0.321. The molecule has 0 spiro atoms. The molecule has 1 unspecified atom stereocenters. The number of morpholine rings is 1. The van der Waals surface area contributed by atoms with Gasteiger partial charge in [0.1, 0.15) is 5.92 Å². The van der Waals surface area contributed by atoms with Gasteiger partial charge in [-0.15, -0.1) is 0 Å². The van der Waals surface area contributed by atoms with Crippen LogP contribution in [0.15, 0.2) is 11.8 Å². The maximum Gasteiger partial charge on any atom is 0.317 e. The van der Waals surface area contributed by atoms with Gasteiger partial charge >= 0.3 is 5.97 Å². The van der Waals surface area contributed by atoms with Crippen LogP contribution in [0, 0.1) is 11.3 Å². The number of allylic oxidation sites excluding steroid dienone is 1. The van der Waals surface area contributed by atoms with Crippen molar-refractivity contribution in [2.45, 2.75) is 20.3 Å². The average Bonchev–Trinajstić information content (AvgIpc) is 2.43. The molecular formula is C15H21NO5. The average molecular weight is 295 g/mol. The lowest BCUT2D eigenvalue weighted by molar-refractivity contribution is -0.155. The van der Waals surface area contributed by atoms with Crippen LogP contribution in [0.25, 0.3) is 0 Å². The lowest BCUT2D eigenvalue weighted by Gasteiger charge is -2.36. The molecule has 1 heterocycles. The van der Waals surface area contributed by atoms with Crippen LogP contribution in [0.4, 0.5) is 0 Å². The first-order valence-corrected chi connectivity index (χ1v) is 7.05. The molecule has 0 radical (unpaired) electrons. The first-order valence-electron chi connectivity index (χ1n) is 7.05. The lowest BCUT2D eigenvalue weighted by Crippen LogP contribution is -2.46. The van der Waals surface area contributed by atoms with Crippen LogP contribution in [0.5, 0.6) is 0 Å². The van der Waals surface area contributed by atoms with Gasteiger partial charge in [-0.25, -0.2) is 0 Å². The molecule has 1 aliphatic heterocycles. The molecule has 2 fully saturated rings. The Morgan fingerprint density at radius 3 is 2.52 bits per heavy atom. The maximum atomic E-state index is 12.6. The second kappa shape index (κ2) is 5.97. The van der Waals surface area contributed by atoms with E-state index >= 15 is 0 Å². The Morgan fingerprint density at radius 2 is 1.95 bits per heavy atom. The highest BCUT2D eigenvalue weighted by atomic mass is 16.5. The molecule has 1 saturated carbocycles.